The topological polar surface area (TPSA) is 95.8 Å². The normalized spacial score (nSPS) is 11.4. The molecule has 0 spiro atoms. The Morgan fingerprint density at radius 1 is 0.469 bits per heavy atom. The monoisotopic (exact) mass is 682 g/mol. The molecule has 0 aliphatic rings. The van der Waals surface area contributed by atoms with Crippen molar-refractivity contribution in [3.05, 3.63) is 30.4 Å². The number of aliphatic hydroxyl groups is 2. The van der Waals surface area contributed by atoms with E-state index in [2.05, 4.69) is 57.3 Å². The Morgan fingerprint density at radius 2 is 0.750 bits per heavy atom. The molecule has 0 aliphatic carbocycles. The van der Waals surface area contributed by atoms with Crippen molar-refractivity contribution < 1.29 is 38.6 Å². The predicted molar refractivity (Wildman–Crippen MR) is 138 cm³/mol. The highest BCUT2D eigenvalue weighted by Crippen LogP contribution is 2.22. The van der Waals surface area contributed by atoms with E-state index in [0.717, 1.165) is 12.8 Å². The van der Waals surface area contributed by atoms with Gasteiger partial charge in [0.25, 0.3) is 0 Å². The van der Waals surface area contributed by atoms with Crippen LogP contribution in [0.15, 0.2) is 12.1 Å². The van der Waals surface area contributed by atoms with Crippen molar-refractivity contribution in [3.8, 4) is 0 Å². The first-order valence-corrected chi connectivity index (χ1v) is 13.0. The van der Waals surface area contributed by atoms with Crippen molar-refractivity contribution in [1.29, 1.82) is 0 Å². The van der Waals surface area contributed by atoms with Crippen LogP contribution >= 0.6 is 45.2 Å². The zero-order valence-corrected chi connectivity index (χ0v) is 22.9. The van der Waals surface area contributed by atoms with Gasteiger partial charge in [0, 0.05) is 7.14 Å². The Hall–Kier alpha value is 0.360. The summed E-state index contributed by atoms with van der Waals surface area (Å²) >= 11 is 4.76. The molecule has 0 amide bonds. The molecule has 0 saturated heterocycles. The highest BCUT2D eigenvalue weighted by molar-refractivity contribution is 14.1. The van der Waals surface area contributed by atoms with Crippen LogP contribution in [0.25, 0.3) is 0 Å². The van der Waals surface area contributed by atoms with Crippen LogP contribution in [0.4, 0.5) is 0 Å². The molecule has 0 aliphatic heterocycles. The molecule has 0 fully saturated rings. The van der Waals surface area contributed by atoms with Crippen LogP contribution in [-0.4, -0.2) is 103 Å². The van der Waals surface area contributed by atoms with Gasteiger partial charge in [0.15, 0.2) is 0 Å². The molecule has 0 aromatic heterocycles. The first-order chi connectivity index (χ1) is 15.7. The molecule has 0 unspecified atom stereocenters. The minimum Gasteiger partial charge on any atom is -0.394 e. The number of aliphatic hydroxyl groups excluding tert-OH is 2. The van der Waals surface area contributed by atoms with E-state index in [4.69, 9.17) is 38.6 Å². The maximum atomic E-state index is 8.61. The summed E-state index contributed by atoms with van der Waals surface area (Å²) in [4.78, 5) is 0. The lowest BCUT2D eigenvalue weighted by Gasteiger charge is -2.12. The molecule has 0 saturated carbocycles. The van der Waals surface area contributed by atoms with Crippen molar-refractivity contribution in [2.24, 2.45) is 0 Å². The summed E-state index contributed by atoms with van der Waals surface area (Å²) in [5, 5.41) is 17.2. The smallest absolute Gasteiger partial charge is 0.0701 e. The van der Waals surface area contributed by atoms with E-state index in [1.165, 1.54) is 18.3 Å². The van der Waals surface area contributed by atoms with E-state index in [0.29, 0.717) is 79.3 Å². The second kappa shape index (κ2) is 21.9. The fraction of sp³-hybridized carbons (Fsp3) is 0.727. The number of halogens is 2. The molecule has 0 atom stereocenters. The fourth-order valence-corrected chi connectivity index (χ4v) is 4.19. The average Bonchev–Trinajstić information content (AvgIpc) is 2.79. The zero-order chi connectivity index (χ0) is 23.3. The predicted octanol–water partition coefficient (Wildman–Crippen LogP) is 2.06. The van der Waals surface area contributed by atoms with Gasteiger partial charge >= 0.3 is 0 Å². The molecule has 1 aromatic carbocycles. The Morgan fingerprint density at radius 3 is 1.06 bits per heavy atom. The largest absolute Gasteiger partial charge is 0.394 e. The minimum absolute atomic E-state index is 0.0370. The van der Waals surface area contributed by atoms with Gasteiger partial charge in [0.05, 0.1) is 92.5 Å². The third-order valence-corrected chi connectivity index (χ3v) is 6.21. The van der Waals surface area contributed by atoms with Crippen molar-refractivity contribution in [2.75, 3.05) is 92.5 Å². The molecule has 0 radical (unpaired) electrons. The highest BCUT2D eigenvalue weighted by atomic mass is 127. The Labute approximate surface area is 218 Å². The van der Waals surface area contributed by atoms with Gasteiger partial charge in [0.2, 0.25) is 0 Å². The van der Waals surface area contributed by atoms with E-state index in [9.17, 15) is 0 Å². The van der Waals surface area contributed by atoms with Gasteiger partial charge in [-0.25, -0.2) is 0 Å². The highest BCUT2D eigenvalue weighted by Gasteiger charge is 2.07. The van der Waals surface area contributed by atoms with Gasteiger partial charge in [-0.2, -0.15) is 0 Å². The van der Waals surface area contributed by atoms with E-state index < -0.39 is 0 Å². The fourth-order valence-electron chi connectivity index (χ4n) is 2.59. The van der Waals surface area contributed by atoms with Gasteiger partial charge in [0.1, 0.15) is 0 Å². The van der Waals surface area contributed by atoms with Gasteiger partial charge in [-0.05, 0) is 81.3 Å². The molecule has 32 heavy (non-hydrogen) atoms. The summed E-state index contributed by atoms with van der Waals surface area (Å²) in [6.45, 7) is 6.29. The van der Waals surface area contributed by atoms with Crippen molar-refractivity contribution >= 4 is 45.2 Å². The Kier molecular flexibility index (Phi) is 20.8. The lowest BCUT2D eigenvalue weighted by atomic mass is 10.1. The standard InChI is InChI=1S/C22H36I2O8/c23-21-18-20(2-6-28-10-14-32-16-12-30-8-4-26)22(24)17-19(21)1-5-27-9-13-31-15-11-29-7-3-25/h17-18,25-26H,1-16H2. The lowest BCUT2D eigenvalue weighted by Crippen LogP contribution is -2.12. The molecule has 0 heterocycles. The van der Waals surface area contributed by atoms with Crippen LogP contribution < -0.4 is 0 Å². The maximum absolute atomic E-state index is 8.61. The summed E-state index contributed by atoms with van der Waals surface area (Å²) in [5.41, 5.74) is 2.57. The molecule has 10 heteroatoms. The number of hydrogen-bond donors (Lipinski definition) is 2. The van der Waals surface area contributed by atoms with Crippen LogP contribution in [0.5, 0.6) is 0 Å². The van der Waals surface area contributed by atoms with Gasteiger partial charge < -0.3 is 38.6 Å². The summed E-state index contributed by atoms with van der Waals surface area (Å²) in [5.74, 6) is 0. The lowest BCUT2D eigenvalue weighted by molar-refractivity contribution is 0.00808. The van der Waals surface area contributed by atoms with Gasteiger partial charge in [-0.15, -0.1) is 0 Å². The molecule has 1 aromatic rings. The van der Waals surface area contributed by atoms with E-state index in [-0.39, 0.29) is 13.2 Å². The summed E-state index contributed by atoms with van der Waals surface area (Å²) < 4.78 is 34.9. The number of hydrogen-bond acceptors (Lipinski definition) is 8. The summed E-state index contributed by atoms with van der Waals surface area (Å²) in [6.07, 6.45) is 1.73. The van der Waals surface area contributed by atoms with E-state index in [1.807, 2.05) is 0 Å². The third-order valence-electron chi connectivity index (χ3n) is 4.21. The first-order valence-electron chi connectivity index (χ1n) is 10.8. The van der Waals surface area contributed by atoms with Crippen LogP contribution in [0.3, 0.4) is 0 Å². The summed E-state index contributed by atoms with van der Waals surface area (Å²) in [6, 6.07) is 4.46. The molecular formula is C22H36I2O8. The van der Waals surface area contributed by atoms with Gasteiger partial charge in [-0.3, -0.25) is 0 Å². The van der Waals surface area contributed by atoms with Crippen LogP contribution in [0.2, 0.25) is 0 Å². The average molecular weight is 682 g/mol. The minimum atomic E-state index is 0.0370. The molecular weight excluding hydrogens is 646 g/mol. The third kappa shape index (κ3) is 16.1. The Balaban J connectivity index is 2.11. The number of rotatable bonds is 22. The van der Waals surface area contributed by atoms with Gasteiger partial charge in [-0.1, -0.05) is 0 Å². The van der Waals surface area contributed by atoms with E-state index >= 15 is 0 Å². The molecule has 0 bridgehead atoms. The quantitative estimate of drug-likeness (QED) is 0.142. The van der Waals surface area contributed by atoms with Crippen LogP contribution in [-0.2, 0) is 41.3 Å². The van der Waals surface area contributed by atoms with Crippen LogP contribution in [0, 0.1) is 7.14 Å². The summed E-state index contributed by atoms with van der Waals surface area (Å²) in [7, 11) is 0. The Bertz CT molecular complexity index is 527. The van der Waals surface area contributed by atoms with Crippen molar-refractivity contribution in [3.63, 3.8) is 0 Å². The second-order valence-corrected chi connectivity index (χ2v) is 8.98. The molecule has 186 valence electrons. The molecule has 1 rings (SSSR count). The first kappa shape index (κ1) is 30.4. The maximum Gasteiger partial charge on any atom is 0.0701 e. The SMILES string of the molecule is OCCOCCOCCOCCc1cc(I)c(CCOCCOCCOCCO)cc1I. The molecule has 2 N–H and O–H groups in total. The second-order valence-electron chi connectivity index (χ2n) is 6.66. The number of benzene rings is 1. The zero-order valence-electron chi connectivity index (χ0n) is 18.6. The van der Waals surface area contributed by atoms with E-state index in [1.54, 1.807) is 0 Å². The number of ether oxygens (including phenoxy) is 6. The van der Waals surface area contributed by atoms with Crippen molar-refractivity contribution in [2.45, 2.75) is 12.8 Å². The van der Waals surface area contributed by atoms with Crippen molar-refractivity contribution in [1.82, 2.24) is 0 Å². The van der Waals surface area contributed by atoms with Crippen LogP contribution in [0.1, 0.15) is 11.1 Å². The molecule has 8 nitrogen and oxygen atoms in total.